The highest BCUT2D eigenvalue weighted by atomic mass is 32.2. The van der Waals surface area contributed by atoms with Crippen molar-refractivity contribution >= 4 is 40.9 Å². The van der Waals surface area contributed by atoms with Gasteiger partial charge >= 0.3 is 5.97 Å². The van der Waals surface area contributed by atoms with Crippen molar-refractivity contribution in [1.82, 2.24) is 10.2 Å². The van der Waals surface area contributed by atoms with Crippen LogP contribution in [0.5, 0.6) is 0 Å². The van der Waals surface area contributed by atoms with Crippen LogP contribution >= 0.6 is 23.1 Å². The van der Waals surface area contributed by atoms with Crippen LogP contribution in [0, 0.1) is 0 Å². The Labute approximate surface area is 216 Å². The normalized spacial score (nSPS) is 20.8. The number of carbonyl (C=O) groups is 3. The molecule has 1 N–H and O–H groups in total. The van der Waals surface area contributed by atoms with E-state index in [9.17, 15) is 18.8 Å². The smallest absolute Gasteiger partial charge is 0.334 e. The molecule has 2 aromatic carbocycles. The highest BCUT2D eigenvalue weighted by Crippen LogP contribution is 2.41. The summed E-state index contributed by atoms with van der Waals surface area (Å²) in [7, 11) is 0. The number of fused-ring (bicyclic) bond motifs is 1. The first-order valence-corrected chi connectivity index (χ1v) is 13.2. The summed E-state index contributed by atoms with van der Waals surface area (Å²) in [6, 6.07) is 20.3. The van der Waals surface area contributed by atoms with Crippen molar-refractivity contribution in [1.29, 1.82) is 0 Å². The first-order valence-electron chi connectivity index (χ1n) is 11.4. The summed E-state index contributed by atoms with van der Waals surface area (Å²) < 4.78 is 19.9. The van der Waals surface area contributed by atoms with E-state index in [1.54, 1.807) is 5.41 Å². The van der Waals surface area contributed by atoms with Crippen LogP contribution in [-0.2, 0) is 25.5 Å². The number of thiophene rings is 1. The average molecular weight is 523 g/mol. The third kappa shape index (κ3) is 4.81. The lowest BCUT2D eigenvalue weighted by atomic mass is 9.97. The number of amides is 2. The van der Waals surface area contributed by atoms with Crippen LogP contribution in [0.2, 0.25) is 0 Å². The molecule has 2 unspecified atom stereocenters. The van der Waals surface area contributed by atoms with Gasteiger partial charge in [0.25, 0.3) is 0 Å². The fourth-order valence-corrected chi connectivity index (χ4v) is 6.28. The van der Waals surface area contributed by atoms with Crippen molar-refractivity contribution in [3.63, 3.8) is 0 Å². The number of benzene rings is 2. The molecule has 1 fully saturated rings. The standard InChI is InChI=1S/C27H23FN2O4S2/c28-15-19-16-36-26-22(29-21(31)14-20-12-7-13-35-20)25(32)30(26)23(19)27(33)34-24(17-8-3-1-4-9-17)18-10-5-2-6-11-18/h1-13,16,22-24,26H,14-15H2,(H,29,31)/t22?,23?,26-/m0/s1. The number of nitrogens with one attached hydrogen (secondary N) is 1. The van der Waals surface area contributed by atoms with Crippen LogP contribution in [0.4, 0.5) is 4.39 Å². The number of esters is 1. The monoisotopic (exact) mass is 522 g/mol. The van der Waals surface area contributed by atoms with Crippen molar-refractivity contribution in [2.24, 2.45) is 0 Å². The first-order chi connectivity index (χ1) is 17.6. The molecule has 0 saturated carbocycles. The van der Waals surface area contributed by atoms with E-state index >= 15 is 0 Å². The van der Waals surface area contributed by atoms with Gasteiger partial charge in [-0.25, -0.2) is 9.18 Å². The quantitative estimate of drug-likeness (QED) is 0.354. The van der Waals surface area contributed by atoms with Gasteiger partial charge in [-0.15, -0.1) is 23.1 Å². The van der Waals surface area contributed by atoms with Crippen molar-refractivity contribution in [2.75, 3.05) is 6.67 Å². The summed E-state index contributed by atoms with van der Waals surface area (Å²) in [4.78, 5) is 41.3. The van der Waals surface area contributed by atoms with E-state index in [2.05, 4.69) is 5.32 Å². The molecule has 5 rings (SSSR count). The lowest BCUT2D eigenvalue weighted by molar-refractivity contribution is -0.165. The summed E-state index contributed by atoms with van der Waals surface area (Å²) in [6.45, 7) is -0.889. The first kappa shape index (κ1) is 24.3. The molecular formula is C27H23FN2O4S2. The number of nitrogens with zero attached hydrogens (tertiary/aromatic N) is 1. The second-order valence-electron chi connectivity index (χ2n) is 8.44. The summed E-state index contributed by atoms with van der Waals surface area (Å²) in [5, 5.41) is 5.71. The predicted molar refractivity (Wildman–Crippen MR) is 137 cm³/mol. The molecule has 3 atom stereocenters. The second kappa shape index (κ2) is 10.7. The Morgan fingerprint density at radius 2 is 1.67 bits per heavy atom. The van der Waals surface area contributed by atoms with Crippen molar-refractivity contribution in [3.8, 4) is 0 Å². The number of carbonyl (C=O) groups excluding carboxylic acids is 3. The van der Waals surface area contributed by atoms with Crippen LogP contribution in [0.3, 0.4) is 0 Å². The van der Waals surface area contributed by atoms with Gasteiger partial charge in [-0.1, -0.05) is 66.7 Å². The molecular weight excluding hydrogens is 499 g/mol. The Bertz CT molecular complexity index is 1230. The molecule has 9 heteroatoms. The lowest BCUT2D eigenvalue weighted by Crippen LogP contribution is -2.74. The van der Waals surface area contributed by atoms with E-state index in [0.717, 1.165) is 16.0 Å². The molecule has 0 spiro atoms. The number of β-lactam (4-membered cyclic amide) rings is 1. The number of thioether (sulfide) groups is 1. The minimum Gasteiger partial charge on any atom is -0.451 e. The van der Waals surface area contributed by atoms with Gasteiger partial charge in [-0.2, -0.15) is 0 Å². The zero-order chi connectivity index (χ0) is 25.1. The number of ether oxygens (including phenoxy) is 1. The molecule has 0 bridgehead atoms. The molecule has 3 aromatic rings. The maximum absolute atomic E-state index is 13.9. The fraction of sp³-hybridized carbons (Fsp3) is 0.222. The number of rotatable bonds is 8. The Hall–Kier alpha value is -3.43. The number of halogens is 1. The van der Waals surface area contributed by atoms with Gasteiger partial charge < -0.3 is 15.0 Å². The van der Waals surface area contributed by atoms with Gasteiger partial charge in [0.15, 0.2) is 12.1 Å². The summed E-state index contributed by atoms with van der Waals surface area (Å²) in [5.41, 5.74) is 1.69. The van der Waals surface area contributed by atoms with Gasteiger partial charge in [-0.3, -0.25) is 9.59 Å². The van der Waals surface area contributed by atoms with Gasteiger partial charge in [0.05, 0.1) is 6.42 Å². The van der Waals surface area contributed by atoms with Crippen LogP contribution < -0.4 is 5.32 Å². The third-order valence-electron chi connectivity index (χ3n) is 6.12. The van der Waals surface area contributed by atoms with Crippen molar-refractivity contribution < 1.29 is 23.5 Å². The largest absolute Gasteiger partial charge is 0.451 e. The Balaban J connectivity index is 1.35. The van der Waals surface area contributed by atoms with Crippen LogP contribution in [0.25, 0.3) is 0 Å². The molecule has 6 nitrogen and oxygen atoms in total. The van der Waals surface area contributed by atoms with Crippen LogP contribution in [-0.4, -0.2) is 46.8 Å². The van der Waals surface area contributed by atoms with Crippen molar-refractivity contribution in [3.05, 3.63) is 105 Å². The minimum absolute atomic E-state index is 0.165. The molecule has 2 amide bonds. The molecule has 2 aliphatic rings. The van der Waals surface area contributed by atoms with Crippen LogP contribution in [0.1, 0.15) is 22.1 Å². The molecule has 3 heterocycles. The van der Waals surface area contributed by atoms with Crippen LogP contribution in [0.15, 0.2) is 89.2 Å². The number of hydrogen-bond acceptors (Lipinski definition) is 6. The molecule has 36 heavy (non-hydrogen) atoms. The Morgan fingerprint density at radius 1 is 1.00 bits per heavy atom. The topological polar surface area (TPSA) is 75.7 Å². The summed E-state index contributed by atoms with van der Waals surface area (Å²) in [6.07, 6.45) is -0.544. The fourth-order valence-electron chi connectivity index (χ4n) is 4.37. The van der Waals surface area contributed by atoms with E-state index in [1.807, 2.05) is 78.2 Å². The van der Waals surface area contributed by atoms with E-state index in [-0.39, 0.29) is 17.9 Å². The minimum atomic E-state index is -1.19. The predicted octanol–water partition coefficient (Wildman–Crippen LogP) is 4.25. The lowest BCUT2D eigenvalue weighted by Gasteiger charge is -2.51. The van der Waals surface area contributed by atoms with Crippen molar-refractivity contribution in [2.45, 2.75) is 30.0 Å². The zero-order valence-electron chi connectivity index (χ0n) is 19.1. The number of hydrogen-bond donors (Lipinski definition) is 1. The van der Waals surface area contributed by atoms with Gasteiger partial charge in [0.1, 0.15) is 18.1 Å². The molecule has 0 aliphatic carbocycles. The maximum atomic E-state index is 13.9. The van der Waals surface area contributed by atoms with E-state index in [4.69, 9.17) is 4.74 Å². The highest BCUT2D eigenvalue weighted by Gasteiger charge is 2.56. The van der Waals surface area contributed by atoms with E-state index in [0.29, 0.717) is 0 Å². The summed E-state index contributed by atoms with van der Waals surface area (Å²) >= 11 is 2.69. The molecule has 184 valence electrons. The zero-order valence-corrected chi connectivity index (χ0v) is 20.7. The second-order valence-corrected chi connectivity index (χ2v) is 10.5. The van der Waals surface area contributed by atoms with E-state index < -0.39 is 42.1 Å². The molecule has 1 aromatic heterocycles. The van der Waals surface area contributed by atoms with Gasteiger partial charge in [0, 0.05) is 10.5 Å². The molecule has 2 aliphatic heterocycles. The maximum Gasteiger partial charge on any atom is 0.334 e. The highest BCUT2D eigenvalue weighted by molar-refractivity contribution is 8.02. The van der Waals surface area contributed by atoms with E-state index in [1.165, 1.54) is 28.0 Å². The average Bonchev–Trinajstić information content (AvgIpc) is 3.43. The Kier molecular flexibility index (Phi) is 7.20. The SMILES string of the molecule is O=C(Cc1cccs1)NC1C(=O)N2C(C(=O)OC(c3ccccc3)c3ccccc3)C(CF)=CS[C@@H]12. The molecule has 0 radical (unpaired) electrons. The number of alkyl halides is 1. The summed E-state index contributed by atoms with van der Waals surface area (Å²) in [5.74, 6) is -1.41. The molecule has 1 saturated heterocycles. The van der Waals surface area contributed by atoms with Gasteiger partial charge in [-0.05, 0) is 28.0 Å². The van der Waals surface area contributed by atoms with Gasteiger partial charge in [0.2, 0.25) is 11.8 Å². The Morgan fingerprint density at radius 3 is 2.25 bits per heavy atom. The third-order valence-corrected chi connectivity index (χ3v) is 8.21.